The first kappa shape index (κ1) is 18.7. The van der Waals surface area contributed by atoms with Crippen LogP contribution in [0, 0.1) is 0 Å². The van der Waals surface area contributed by atoms with Gasteiger partial charge in [-0.25, -0.2) is 0 Å². The summed E-state index contributed by atoms with van der Waals surface area (Å²) in [5, 5.41) is 10.7. The van der Waals surface area contributed by atoms with Gasteiger partial charge in [-0.15, -0.1) is 12.4 Å². The summed E-state index contributed by atoms with van der Waals surface area (Å²) in [4.78, 5) is 14.7. The summed E-state index contributed by atoms with van der Waals surface area (Å²) in [6, 6.07) is 19.6. The van der Waals surface area contributed by atoms with E-state index in [4.69, 9.17) is 0 Å². The minimum Gasteiger partial charge on any atom is -0.389 e. The Bertz CT molecular complexity index is 637. The summed E-state index contributed by atoms with van der Waals surface area (Å²) in [7, 11) is 0. The molecule has 0 saturated carbocycles. The largest absolute Gasteiger partial charge is 0.389 e. The van der Waals surface area contributed by atoms with Crippen LogP contribution in [0.25, 0.3) is 0 Å². The molecule has 0 atom stereocenters. The second-order valence-corrected chi connectivity index (χ2v) is 6.45. The lowest BCUT2D eigenvalue weighted by atomic mass is 9.85. The van der Waals surface area contributed by atoms with Crippen LogP contribution >= 0.6 is 12.4 Å². The van der Waals surface area contributed by atoms with E-state index in [1.54, 1.807) is 0 Å². The molecule has 0 radical (unpaired) electrons. The lowest BCUT2D eigenvalue weighted by Gasteiger charge is -2.38. The maximum absolute atomic E-state index is 12.3. The molecule has 1 N–H and O–H groups in total. The number of carbonyl (C=O) groups is 1. The van der Waals surface area contributed by atoms with E-state index in [0.29, 0.717) is 18.4 Å². The van der Waals surface area contributed by atoms with Crippen molar-refractivity contribution in [3.63, 3.8) is 0 Å². The Morgan fingerprint density at radius 1 is 0.958 bits per heavy atom. The number of ketones is 1. The van der Waals surface area contributed by atoms with E-state index < -0.39 is 5.60 Å². The highest BCUT2D eigenvalue weighted by Crippen LogP contribution is 2.28. The molecule has 0 amide bonds. The van der Waals surface area contributed by atoms with Gasteiger partial charge in [-0.1, -0.05) is 60.7 Å². The third kappa shape index (κ3) is 4.91. The quantitative estimate of drug-likeness (QED) is 0.840. The standard InChI is InChI=1S/C20H23NO2.ClH/c22-19(18-9-5-2-6-10-18)15-20(23)11-13-21(14-12-20)16-17-7-3-1-4-8-17;/h1-10,23H,11-16H2;1H. The van der Waals surface area contributed by atoms with E-state index >= 15 is 0 Å². The zero-order chi connectivity index (χ0) is 16.1. The monoisotopic (exact) mass is 345 g/mol. The van der Waals surface area contributed by atoms with Gasteiger partial charge in [-0.05, 0) is 18.4 Å². The molecule has 0 aliphatic carbocycles. The fourth-order valence-corrected chi connectivity index (χ4v) is 3.17. The second-order valence-electron chi connectivity index (χ2n) is 6.45. The van der Waals surface area contributed by atoms with Gasteiger partial charge < -0.3 is 5.11 Å². The van der Waals surface area contributed by atoms with Gasteiger partial charge in [-0.3, -0.25) is 9.69 Å². The van der Waals surface area contributed by atoms with Crippen molar-refractivity contribution in [1.82, 2.24) is 4.90 Å². The van der Waals surface area contributed by atoms with Crippen LogP contribution in [0.5, 0.6) is 0 Å². The average Bonchev–Trinajstić information content (AvgIpc) is 2.59. The van der Waals surface area contributed by atoms with Crippen molar-refractivity contribution in [2.24, 2.45) is 0 Å². The van der Waals surface area contributed by atoms with Gasteiger partial charge in [0.05, 0.1) is 5.60 Å². The molecule has 24 heavy (non-hydrogen) atoms. The highest BCUT2D eigenvalue weighted by molar-refractivity contribution is 5.96. The number of piperidine rings is 1. The van der Waals surface area contributed by atoms with Crippen molar-refractivity contribution in [3.05, 3.63) is 71.8 Å². The molecule has 0 unspecified atom stereocenters. The molecule has 1 aliphatic heterocycles. The Kier molecular flexibility index (Phi) is 6.55. The molecule has 1 fully saturated rings. The van der Waals surface area contributed by atoms with Crippen molar-refractivity contribution >= 4 is 18.2 Å². The second kappa shape index (κ2) is 8.43. The van der Waals surface area contributed by atoms with Gasteiger partial charge in [0.2, 0.25) is 0 Å². The van der Waals surface area contributed by atoms with E-state index in [1.807, 2.05) is 48.5 Å². The van der Waals surface area contributed by atoms with E-state index in [0.717, 1.165) is 19.6 Å². The number of Topliss-reactive ketones (excluding diaryl/α,β-unsaturated/α-hetero) is 1. The van der Waals surface area contributed by atoms with Crippen LogP contribution in [0.2, 0.25) is 0 Å². The number of aliphatic hydroxyl groups is 1. The molecule has 0 bridgehead atoms. The van der Waals surface area contributed by atoms with E-state index in [-0.39, 0.29) is 24.6 Å². The number of carbonyl (C=O) groups excluding carboxylic acids is 1. The SMILES string of the molecule is Cl.O=C(CC1(O)CCN(Cc2ccccc2)CC1)c1ccccc1. The normalized spacial score (nSPS) is 17.0. The summed E-state index contributed by atoms with van der Waals surface area (Å²) in [5.74, 6) is 0.0320. The third-order valence-electron chi connectivity index (χ3n) is 4.62. The zero-order valence-corrected chi connectivity index (χ0v) is 14.5. The fourth-order valence-electron chi connectivity index (χ4n) is 3.17. The number of rotatable bonds is 5. The molecule has 128 valence electrons. The van der Waals surface area contributed by atoms with E-state index in [2.05, 4.69) is 17.0 Å². The van der Waals surface area contributed by atoms with Crippen LogP contribution in [-0.4, -0.2) is 34.5 Å². The molecule has 3 rings (SSSR count). The van der Waals surface area contributed by atoms with Crippen molar-refractivity contribution < 1.29 is 9.90 Å². The highest BCUT2D eigenvalue weighted by Gasteiger charge is 2.34. The number of hydrogen-bond donors (Lipinski definition) is 1. The molecular weight excluding hydrogens is 322 g/mol. The van der Waals surface area contributed by atoms with Crippen LogP contribution in [-0.2, 0) is 6.54 Å². The number of nitrogens with zero attached hydrogens (tertiary/aromatic N) is 1. The molecule has 2 aromatic carbocycles. The summed E-state index contributed by atoms with van der Waals surface area (Å²) >= 11 is 0. The summed E-state index contributed by atoms with van der Waals surface area (Å²) in [6.45, 7) is 2.56. The molecular formula is C20H24ClNO2. The van der Waals surface area contributed by atoms with Crippen LogP contribution < -0.4 is 0 Å². The topological polar surface area (TPSA) is 40.5 Å². The van der Waals surface area contributed by atoms with E-state index in [9.17, 15) is 9.90 Å². The van der Waals surface area contributed by atoms with Gasteiger partial charge >= 0.3 is 0 Å². The van der Waals surface area contributed by atoms with Crippen molar-refractivity contribution in [1.29, 1.82) is 0 Å². The predicted octanol–water partition coefficient (Wildman–Crippen LogP) is 3.71. The first-order chi connectivity index (χ1) is 11.1. The molecule has 4 heteroatoms. The first-order valence-corrected chi connectivity index (χ1v) is 8.22. The smallest absolute Gasteiger partial charge is 0.165 e. The van der Waals surface area contributed by atoms with Crippen LogP contribution in [0.4, 0.5) is 0 Å². The van der Waals surface area contributed by atoms with Crippen molar-refractivity contribution in [2.45, 2.75) is 31.4 Å². The van der Waals surface area contributed by atoms with Gasteiger partial charge in [0, 0.05) is 31.6 Å². The Morgan fingerprint density at radius 2 is 1.50 bits per heavy atom. The fraction of sp³-hybridized carbons (Fsp3) is 0.350. The Balaban J connectivity index is 0.00000208. The lowest BCUT2D eigenvalue weighted by molar-refractivity contribution is -0.0241. The molecule has 3 nitrogen and oxygen atoms in total. The zero-order valence-electron chi connectivity index (χ0n) is 13.7. The van der Waals surface area contributed by atoms with Gasteiger partial charge in [0.15, 0.2) is 5.78 Å². The van der Waals surface area contributed by atoms with E-state index in [1.165, 1.54) is 5.56 Å². The maximum Gasteiger partial charge on any atom is 0.165 e. The molecule has 0 spiro atoms. The number of likely N-dealkylation sites (tertiary alicyclic amines) is 1. The molecule has 0 aromatic heterocycles. The Labute approximate surface area is 149 Å². The summed E-state index contributed by atoms with van der Waals surface area (Å²) < 4.78 is 0. The minimum atomic E-state index is -0.861. The molecule has 1 aliphatic rings. The number of hydrogen-bond acceptors (Lipinski definition) is 3. The van der Waals surface area contributed by atoms with Gasteiger partial charge in [0.1, 0.15) is 0 Å². The Hall–Kier alpha value is -1.68. The van der Waals surface area contributed by atoms with Crippen molar-refractivity contribution in [2.75, 3.05) is 13.1 Å². The third-order valence-corrected chi connectivity index (χ3v) is 4.62. The van der Waals surface area contributed by atoms with Crippen LogP contribution in [0.3, 0.4) is 0 Å². The highest BCUT2D eigenvalue weighted by atomic mass is 35.5. The van der Waals surface area contributed by atoms with Gasteiger partial charge in [-0.2, -0.15) is 0 Å². The summed E-state index contributed by atoms with van der Waals surface area (Å²) in [6.07, 6.45) is 1.52. The Morgan fingerprint density at radius 3 is 2.08 bits per heavy atom. The minimum absolute atomic E-state index is 0. The predicted molar refractivity (Wildman–Crippen MR) is 98.5 cm³/mol. The number of halogens is 1. The molecule has 2 aromatic rings. The molecule has 1 heterocycles. The molecule has 1 saturated heterocycles. The number of benzene rings is 2. The lowest BCUT2D eigenvalue weighted by Crippen LogP contribution is -2.45. The average molecular weight is 346 g/mol. The first-order valence-electron chi connectivity index (χ1n) is 8.22. The maximum atomic E-state index is 12.3. The van der Waals surface area contributed by atoms with Crippen LogP contribution in [0.15, 0.2) is 60.7 Å². The van der Waals surface area contributed by atoms with Gasteiger partial charge in [0.25, 0.3) is 0 Å². The van der Waals surface area contributed by atoms with Crippen LogP contribution in [0.1, 0.15) is 35.2 Å². The van der Waals surface area contributed by atoms with Crippen molar-refractivity contribution in [3.8, 4) is 0 Å². The summed E-state index contributed by atoms with van der Waals surface area (Å²) in [5.41, 5.74) is 1.12.